The van der Waals surface area contributed by atoms with Crippen LogP contribution in [0.25, 0.3) is 0 Å². The molecule has 13 nitrogen and oxygen atoms in total. The van der Waals surface area contributed by atoms with Gasteiger partial charge in [-0.1, -0.05) is 70.7 Å². The molecular weight excluding hydrogens is 692 g/mol. The van der Waals surface area contributed by atoms with Crippen LogP contribution in [0.2, 0.25) is 0 Å². The topological polar surface area (TPSA) is 174 Å². The number of esters is 1. The number of nitrogens with one attached hydrogen (secondary N) is 4. The van der Waals surface area contributed by atoms with E-state index in [-0.39, 0.29) is 43.7 Å². The molecule has 3 amide bonds. The van der Waals surface area contributed by atoms with E-state index in [1.807, 2.05) is 38.1 Å². The Kier molecular flexibility index (Phi) is 18.6. The number of aliphatic hydroxyl groups is 1. The first kappa shape index (κ1) is 44.0. The summed E-state index contributed by atoms with van der Waals surface area (Å²) < 4.78 is 22.2. The van der Waals surface area contributed by atoms with Crippen molar-refractivity contribution in [3.63, 3.8) is 0 Å². The fourth-order valence-electron chi connectivity index (χ4n) is 5.78. The number of carbonyl (C=O) groups is 4. The third-order valence-electron chi connectivity index (χ3n) is 9.10. The Morgan fingerprint density at radius 3 is 2.39 bits per heavy atom. The largest absolute Gasteiger partial charge is 0.494 e. The van der Waals surface area contributed by atoms with Gasteiger partial charge < -0.3 is 45.3 Å². The van der Waals surface area contributed by atoms with E-state index in [1.165, 1.54) is 0 Å². The van der Waals surface area contributed by atoms with Crippen LogP contribution in [0, 0.1) is 5.92 Å². The predicted octanol–water partition coefficient (Wildman–Crippen LogP) is 4.62. The van der Waals surface area contributed by atoms with Gasteiger partial charge in [-0.05, 0) is 87.8 Å². The molecule has 2 aliphatic rings. The molecule has 300 valence electrons. The highest BCUT2D eigenvalue weighted by molar-refractivity contribution is 5.90. The van der Waals surface area contributed by atoms with Gasteiger partial charge in [0.15, 0.2) is 6.61 Å². The van der Waals surface area contributed by atoms with E-state index in [4.69, 9.17) is 18.9 Å². The maximum absolute atomic E-state index is 13.9. The average molecular weight is 755 g/mol. The van der Waals surface area contributed by atoms with Gasteiger partial charge in [-0.2, -0.15) is 0 Å². The quantitative estimate of drug-likeness (QED) is 0.113. The highest BCUT2D eigenvalue weighted by Gasteiger charge is 2.31. The summed E-state index contributed by atoms with van der Waals surface area (Å²) >= 11 is 0. The molecule has 0 radical (unpaired) electrons. The van der Waals surface area contributed by atoms with Crippen LogP contribution in [0.1, 0.15) is 91.2 Å². The SMILES string of the molecule is CCCCCCOC(=O)COc1ccc(C[C@H](NC(=O)OC(C)(C)C)[C@@H](O)CN[C@H]2Cc3ccc(cc3)OCCCNC(=O)[C@H](C(C)CC)NC2=O)cc1. The molecule has 2 aliphatic heterocycles. The summed E-state index contributed by atoms with van der Waals surface area (Å²) in [4.78, 5) is 52.1. The lowest BCUT2D eigenvalue weighted by Crippen LogP contribution is -2.57. The second-order valence-corrected chi connectivity index (χ2v) is 14.9. The minimum Gasteiger partial charge on any atom is -0.494 e. The number of unbranched alkanes of at least 4 members (excludes halogenated alkanes) is 3. The summed E-state index contributed by atoms with van der Waals surface area (Å²) in [6.07, 6.45) is 3.97. The van der Waals surface area contributed by atoms with Crippen LogP contribution in [-0.2, 0) is 36.7 Å². The number of fused-ring (bicyclic) bond motifs is 12. The van der Waals surface area contributed by atoms with E-state index < -0.39 is 41.9 Å². The summed E-state index contributed by atoms with van der Waals surface area (Å²) in [7, 11) is 0. The number of aliphatic hydroxyl groups excluding tert-OH is 1. The van der Waals surface area contributed by atoms with E-state index in [0.29, 0.717) is 44.1 Å². The van der Waals surface area contributed by atoms with Crippen molar-refractivity contribution >= 4 is 23.9 Å². The predicted molar refractivity (Wildman–Crippen MR) is 206 cm³/mol. The van der Waals surface area contributed by atoms with Gasteiger partial charge in [0.05, 0.1) is 31.4 Å². The molecular formula is C41H62N4O9. The number of hydrogen-bond donors (Lipinski definition) is 5. The van der Waals surface area contributed by atoms with Crippen LogP contribution >= 0.6 is 0 Å². The lowest BCUT2D eigenvalue weighted by Gasteiger charge is -2.29. The molecule has 0 spiro atoms. The molecule has 2 bridgehead atoms. The molecule has 0 fully saturated rings. The zero-order valence-electron chi connectivity index (χ0n) is 32.9. The Labute approximate surface area is 320 Å². The Morgan fingerprint density at radius 2 is 1.72 bits per heavy atom. The molecule has 0 aromatic heterocycles. The number of amides is 3. The molecule has 4 rings (SSSR count). The van der Waals surface area contributed by atoms with Gasteiger partial charge in [0.1, 0.15) is 23.1 Å². The molecule has 5 atom stereocenters. The average Bonchev–Trinajstić information content (AvgIpc) is 3.14. The fourth-order valence-corrected chi connectivity index (χ4v) is 5.78. The Morgan fingerprint density at radius 1 is 1.00 bits per heavy atom. The van der Waals surface area contributed by atoms with Crippen molar-refractivity contribution in [3.05, 3.63) is 59.7 Å². The number of ether oxygens (including phenoxy) is 4. The van der Waals surface area contributed by atoms with Gasteiger partial charge in [0, 0.05) is 13.1 Å². The Balaban J connectivity index is 1.74. The Hall–Kier alpha value is -4.36. The van der Waals surface area contributed by atoms with E-state index in [2.05, 4.69) is 28.2 Å². The third kappa shape index (κ3) is 16.3. The summed E-state index contributed by atoms with van der Waals surface area (Å²) in [6.45, 7) is 12.2. The van der Waals surface area contributed by atoms with Gasteiger partial charge in [-0.25, -0.2) is 9.59 Å². The molecule has 2 aromatic carbocycles. The first-order chi connectivity index (χ1) is 25.8. The van der Waals surface area contributed by atoms with Crippen molar-refractivity contribution in [1.82, 2.24) is 21.3 Å². The summed E-state index contributed by atoms with van der Waals surface area (Å²) in [5, 5.41) is 23.4. The molecule has 13 heteroatoms. The lowest BCUT2D eigenvalue weighted by molar-refractivity contribution is -0.146. The van der Waals surface area contributed by atoms with Crippen LogP contribution in [0.4, 0.5) is 4.79 Å². The molecule has 0 aliphatic carbocycles. The van der Waals surface area contributed by atoms with E-state index >= 15 is 0 Å². The van der Waals surface area contributed by atoms with Crippen molar-refractivity contribution in [2.45, 2.75) is 123 Å². The number of rotatable bonds is 17. The number of hydrogen-bond acceptors (Lipinski definition) is 10. The van der Waals surface area contributed by atoms with Crippen LogP contribution in [0.5, 0.6) is 11.5 Å². The monoisotopic (exact) mass is 754 g/mol. The van der Waals surface area contributed by atoms with Crippen molar-refractivity contribution in [3.8, 4) is 11.5 Å². The molecule has 54 heavy (non-hydrogen) atoms. The van der Waals surface area contributed by atoms with Crippen molar-refractivity contribution in [2.75, 3.05) is 32.9 Å². The van der Waals surface area contributed by atoms with Crippen molar-refractivity contribution < 1.29 is 43.2 Å². The first-order valence-corrected chi connectivity index (χ1v) is 19.4. The van der Waals surface area contributed by atoms with E-state index in [1.54, 1.807) is 45.0 Å². The summed E-state index contributed by atoms with van der Waals surface area (Å²) in [5.41, 5.74) is 0.863. The van der Waals surface area contributed by atoms with Gasteiger partial charge in [-0.3, -0.25) is 9.59 Å². The second kappa shape index (κ2) is 22.8. The smallest absolute Gasteiger partial charge is 0.407 e. The highest BCUT2D eigenvalue weighted by Crippen LogP contribution is 2.18. The van der Waals surface area contributed by atoms with Crippen molar-refractivity contribution in [2.24, 2.45) is 5.92 Å². The third-order valence-corrected chi connectivity index (χ3v) is 9.10. The van der Waals surface area contributed by atoms with Crippen molar-refractivity contribution in [1.29, 1.82) is 0 Å². The van der Waals surface area contributed by atoms with Crippen LogP contribution < -0.4 is 30.7 Å². The first-order valence-electron chi connectivity index (χ1n) is 19.4. The molecule has 1 unspecified atom stereocenters. The number of carbonyl (C=O) groups excluding carboxylic acids is 4. The fraction of sp³-hybridized carbons (Fsp3) is 0.610. The van der Waals surface area contributed by atoms with Gasteiger partial charge in [0.2, 0.25) is 11.8 Å². The maximum Gasteiger partial charge on any atom is 0.407 e. The minimum absolute atomic E-state index is 0.0678. The lowest BCUT2D eigenvalue weighted by atomic mass is 9.96. The summed E-state index contributed by atoms with van der Waals surface area (Å²) in [5.74, 6) is -0.0475. The normalized spacial score (nSPS) is 18.4. The van der Waals surface area contributed by atoms with Gasteiger partial charge >= 0.3 is 12.1 Å². The standard InChI is InChI=1S/C41H62N4O9/c1-7-9-10-11-22-52-36(47)27-53-32-19-15-29(16-20-32)24-33(44-40(50)54-41(4,5)6)35(46)26-43-34-25-30-13-17-31(18-14-30)51-23-12-21-42-39(49)37(28(3)8-2)45-38(34)48/h13-20,28,33-35,37,43,46H,7-12,21-27H2,1-6H3,(H,42,49)(H,44,50)(H,45,48)/t28?,33-,34-,35-,37-/m0/s1. The van der Waals surface area contributed by atoms with Crippen LogP contribution in [0.15, 0.2) is 48.5 Å². The van der Waals surface area contributed by atoms with Crippen LogP contribution in [-0.4, -0.2) is 91.7 Å². The van der Waals surface area contributed by atoms with Crippen LogP contribution in [0.3, 0.4) is 0 Å². The maximum atomic E-state index is 13.9. The molecule has 2 aromatic rings. The minimum atomic E-state index is -1.16. The van der Waals surface area contributed by atoms with E-state index in [0.717, 1.165) is 36.8 Å². The summed E-state index contributed by atoms with van der Waals surface area (Å²) in [6, 6.07) is 12.1. The zero-order valence-corrected chi connectivity index (χ0v) is 32.9. The van der Waals surface area contributed by atoms with Gasteiger partial charge in [-0.15, -0.1) is 0 Å². The zero-order chi connectivity index (χ0) is 39.5. The van der Waals surface area contributed by atoms with Gasteiger partial charge in [0.25, 0.3) is 0 Å². The highest BCUT2D eigenvalue weighted by atomic mass is 16.6. The molecule has 5 N–H and O–H groups in total. The number of alkyl carbamates (subject to hydrolysis) is 1. The molecule has 0 saturated carbocycles. The number of benzene rings is 2. The van der Waals surface area contributed by atoms with E-state index in [9.17, 15) is 24.3 Å². The Bertz CT molecular complexity index is 1450. The molecule has 0 saturated heterocycles. The molecule has 2 heterocycles. The second-order valence-electron chi connectivity index (χ2n) is 14.9.